The number of carbonyl (C=O) groups excluding carboxylic acids is 1. The van der Waals surface area contributed by atoms with Gasteiger partial charge in [-0.1, -0.05) is 6.07 Å². The molecule has 0 radical (unpaired) electrons. The highest BCUT2D eigenvalue weighted by Gasteiger charge is 2.12. The standard InChI is InChI=1S/C14H10FN3O3S/c15-9-3-5-10(6-4-9)20-8-12(19)16-14-17-13(21-18-14)11-2-1-7-22-11/h1-7H,8H2,(H,16,18,19). The predicted molar refractivity (Wildman–Crippen MR) is 78.1 cm³/mol. The molecular formula is C14H10FN3O3S. The molecule has 0 saturated carbocycles. The van der Waals surface area contributed by atoms with Gasteiger partial charge in [0.15, 0.2) is 6.61 Å². The minimum absolute atomic E-state index is 0.0658. The van der Waals surface area contributed by atoms with E-state index >= 15 is 0 Å². The average molecular weight is 319 g/mol. The van der Waals surface area contributed by atoms with Crippen molar-refractivity contribution >= 4 is 23.2 Å². The molecule has 1 amide bonds. The van der Waals surface area contributed by atoms with Crippen LogP contribution in [-0.2, 0) is 4.79 Å². The van der Waals surface area contributed by atoms with Crippen molar-refractivity contribution in [1.29, 1.82) is 0 Å². The second kappa shape index (κ2) is 6.35. The Kier molecular flexibility index (Phi) is 4.10. The topological polar surface area (TPSA) is 77.2 Å². The molecule has 0 aliphatic heterocycles. The molecule has 1 aromatic carbocycles. The van der Waals surface area contributed by atoms with E-state index in [1.807, 2.05) is 17.5 Å². The highest BCUT2D eigenvalue weighted by Crippen LogP contribution is 2.23. The first-order valence-electron chi connectivity index (χ1n) is 6.26. The smallest absolute Gasteiger partial charge is 0.270 e. The number of aromatic nitrogens is 2. The van der Waals surface area contributed by atoms with E-state index in [0.29, 0.717) is 11.6 Å². The summed E-state index contributed by atoms with van der Waals surface area (Å²) in [6.07, 6.45) is 0. The van der Waals surface area contributed by atoms with Crippen molar-refractivity contribution in [3.05, 3.63) is 47.6 Å². The maximum Gasteiger partial charge on any atom is 0.270 e. The minimum atomic E-state index is -0.442. The van der Waals surface area contributed by atoms with Crippen LogP contribution in [0, 0.1) is 5.82 Å². The Balaban J connectivity index is 1.54. The molecule has 0 bridgehead atoms. The van der Waals surface area contributed by atoms with Crippen molar-refractivity contribution in [3.8, 4) is 16.5 Å². The SMILES string of the molecule is O=C(COc1ccc(F)cc1)Nc1noc(-c2cccs2)n1. The normalized spacial score (nSPS) is 10.4. The van der Waals surface area contributed by atoms with Gasteiger partial charge in [-0.3, -0.25) is 10.1 Å². The van der Waals surface area contributed by atoms with Crippen LogP contribution in [0.1, 0.15) is 0 Å². The number of nitrogens with zero attached hydrogens (tertiary/aromatic N) is 2. The molecule has 2 heterocycles. The van der Waals surface area contributed by atoms with Crippen LogP contribution < -0.4 is 10.1 Å². The molecule has 0 aliphatic rings. The summed E-state index contributed by atoms with van der Waals surface area (Å²) in [5.41, 5.74) is 0. The van der Waals surface area contributed by atoms with Gasteiger partial charge >= 0.3 is 0 Å². The number of carbonyl (C=O) groups is 1. The fraction of sp³-hybridized carbons (Fsp3) is 0.0714. The third-order valence-electron chi connectivity index (χ3n) is 2.59. The molecule has 0 spiro atoms. The van der Waals surface area contributed by atoms with Crippen molar-refractivity contribution < 1.29 is 18.4 Å². The van der Waals surface area contributed by atoms with E-state index in [2.05, 4.69) is 15.5 Å². The largest absolute Gasteiger partial charge is 0.484 e. The van der Waals surface area contributed by atoms with Gasteiger partial charge in [-0.05, 0) is 40.9 Å². The maximum atomic E-state index is 12.7. The number of rotatable bonds is 5. The highest BCUT2D eigenvalue weighted by molar-refractivity contribution is 7.13. The Morgan fingerprint density at radius 1 is 1.32 bits per heavy atom. The van der Waals surface area contributed by atoms with Crippen molar-refractivity contribution in [3.63, 3.8) is 0 Å². The monoisotopic (exact) mass is 319 g/mol. The van der Waals surface area contributed by atoms with Gasteiger partial charge in [0.2, 0.25) is 0 Å². The van der Waals surface area contributed by atoms with Gasteiger partial charge < -0.3 is 9.26 Å². The number of thiophene rings is 1. The van der Waals surface area contributed by atoms with Crippen LogP contribution in [0.3, 0.4) is 0 Å². The van der Waals surface area contributed by atoms with Gasteiger partial charge in [-0.15, -0.1) is 11.3 Å². The summed E-state index contributed by atoms with van der Waals surface area (Å²) >= 11 is 1.45. The van der Waals surface area contributed by atoms with Crippen LogP contribution in [-0.4, -0.2) is 22.7 Å². The summed E-state index contributed by atoms with van der Waals surface area (Å²) in [7, 11) is 0. The fourth-order valence-corrected chi connectivity index (χ4v) is 2.26. The molecule has 112 valence electrons. The number of halogens is 1. The summed E-state index contributed by atoms with van der Waals surface area (Å²) in [4.78, 5) is 16.6. The van der Waals surface area contributed by atoms with Crippen LogP contribution in [0.4, 0.5) is 10.3 Å². The lowest BCUT2D eigenvalue weighted by molar-refractivity contribution is -0.118. The summed E-state index contributed by atoms with van der Waals surface area (Å²) in [6, 6.07) is 9.07. The van der Waals surface area contributed by atoms with Gasteiger partial charge in [-0.25, -0.2) is 4.39 Å². The molecule has 0 atom stereocenters. The zero-order valence-electron chi connectivity index (χ0n) is 11.2. The number of nitrogens with one attached hydrogen (secondary N) is 1. The Morgan fingerprint density at radius 2 is 2.14 bits per heavy atom. The third kappa shape index (κ3) is 3.47. The molecule has 22 heavy (non-hydrogen) atoms. The first kappa shape index (κ1) is 14.2. The van der Waals surface area contributed by atoms with E-state index in [-0.39, 0.29) is 18.4 Å². The summed E-state index contributed by atoms with van der Waals surface area (Å²) in [6.45, 7) is -0.242. The van der Waals surface area contributed by atoms with E-state index in [9.17, 15) is 9.18 Å². The number of amides is 1. The van der Waals surface area contributed by atoms with E-state index in [0.717, 1.165) is 4.88 Å². The zero-order valence-corrected chi connectivity index (χ0v) is 12.0. The second-order valence-electron chi connectivity index (χ2n) is 4.19. The number of hydrogen-bond acceptors (Lipinski definition) is 6. The van der Waals surface area contributed by atoms with Crippen LogP contribution in [0.15, 0.2) is 46.3 Å². The lowest BCUT2D eigenvalue weighted by atomic mass is 10.3. The Hall–Kier alpha value is -2.74. The van der Waals surface area contributed by atoms with Crippen molar-refractivity contribution in [2.24, 2.45) is 0 Å². The molecule has 6 nitrogen and oxygen atoms in total. The molecule has 3 aromatic rings. The lowest BCUT2D eigenvalue weighted by Gasteiger charge is -2.04. The molecule has 3 rings (SSSR count). The van der Waals surface area contributed by atoms with Gasteiger partial charge in [0, 0.05) is 0 Å². The maximum absolute atomic E-state index is 12.7. The van der Waals surface area contributed by atoms with Gasteiger partial charge in [0.05, 0.1) is 4.88 Å². The van der Waals surface area contributed by atoms with Crippen molar-refractivity contribution in [2.75, 3.05) is 11.9 Å². The molecule has 8 heteroatoms. The van der Waals surface area contributed by atoms with Gasteiger partial charge in [0.1, 0.15) is 11.6 Å². The second-order valence-corrected chi connectivity index (χ2v) is 5.14. The van der Waals surface area contributed by atoms with E-state index in [4.69, 9.17) is 9.26 Å². The van der Waals surface area contributed by atoms with E-state index in [1.165, 1.54) is 35.6 Å². The summed E-state index contributed by atoms with van der Waals surface area (Å²) in [5.74, 6) is -0.0163. The third-order valence-corrected chi connectivity index (χ3v) is 3.45. The quantitative estimate of drug-likeness (QED) is 0.782. The number of hydrogen-bond donors (Lipinski definition) is 1. The van der Waals surface area contributed by atoms with Gasteiger partial charge in [-0.2, -0.15) is 4.98 Å². The first-order chi connectivity index (χ1) is 10.7. The van der Waals surface area contributed by atoms with Crippen LogP contribution in [0.5, 0.6) is 5.75 Å². The molecule has 0 fully saturated rings. The summed E-state index contributed by atoms with van der Waals surface area (Å²) in [5, 5.41) is 8.00. The zero-order chi connectivity index (χ0) is 15.4. The predicted octanol–water partition coefficient (Wildman–Crippen LogP) is 2.95. The van der Waals surface area contributed by atoms with Crippen molar-refractivity contribution in [1.82, 2.24) is 10.1 Å². The van der Waals surface area contributed by atoms with E-state index in [1.54, 1.807) is 0 Å². The number of ether oxygens (including phenoxy) is 1. The van der Waals surface area contributed by atoms with Crippen LogP contribution in [0.2, 0.25) is 0 Å². The average Bonchev–Trinajstić information content (AvgIpc) is 3.17. The Morgan fingerprint density at radius 3 is 2.86 bits per heavy atom. The van der Waals surface area contributed by atoms with Gasteiger partial charge in [0.25, 0.3) is 17.7 Å². The number of benzene rings is 1. The summed E-state index contributed by atoms with van der Waals surface area (Å²) < 4.78 is 23.0. The number of anilines is 1. The molecule has 0 aliphatic carbocycles. The fourth-order valence-electron chi connectivity index (χ4n) is 1.62. The van der Waals surface area contributed by atoms with Crippen LogP contribution >= 0.6 is 11.3 Å². The van der Waals surface area contributed by atoms with E-state index < -0.39 is 5.91 Å². The molecule has 0 unspecified atom stereocenters. The molecule has 2 aromatic heterocycles. The minimum Gasteiger partial charge on any atom is -0.484 e. The lowest BCUT2D eigenvalue weighted by Crippen LogP contribution is -2.20. The van der Waals surface area contributed by atoms with Crippen molar-refractivity contribution in [2.45, 2.75) is 0 Å². The first-order valence-corrected chi connectivity index (χ1v) is 7.14. The Labute approximate surface area is 128 Å². The molecule has 1 N–H and O–H groups in total. The van der Waals surface area contributed by atoms with Crippen LogP contribution in [0.25, 0.3) is 10.8 Å². The Bertz CT molecular complexity index is 756. The highest BCUT2D eigenvalue weighted by atomic mass is 32.1. The molecule has 0 saturated heterocycles. The molecular weight excluding hydrogens is 309 g/mol.